The molecule has 1 aromatic rings. The van der Waals surface area contributed by atoms with E-state index < -0.39 is 16.0 Å². The number of hydrogen-bond acceptors (Lipinski definition) is 5. The highest BCUT2D eigenvalue weighted by Crippen LogP contribution is 2.28. The first-order chi connectivity index (χ1) is 10.4. The standard InChI is InChI=1S/C15H22N2O4S/c1-11-7-8-17(13(9-11)10-16)22(19,20)14-5-3-12(4-6-14)15(18)21-2/h3-6,11,13H,7-10,16H2,1-2H3. The number of nitrogens with two attached hydrogens (primary N) is 1. The van der Waals surface area contributed by atoms with Crippen molar-refractivity contribution < 1.29 is 17.9 Å². The number of benzene rings is 1. The van der Waals surface area contributed by atoms with Crippen LogP contribution in [0.1, 0.15) is 30.1 Å². The summed E-state index contributed by atoms with van der Waals surface area (Å²) in [6.45, 7) is 2.89. The summed E-state index contributed by atoms with van der Waals surface area (Å²) in [5, 5.41) is 0. The van der Waals surface area contributed by atoms with Gasteiger partial charge in [0.25, 0.3) is 0 Å². The van der Waals surface area contributed by atoms with Crippen LogP contribution in [-0.2, 0) is 14.8 Å². The second-order valence-electron chi connectivity index (χ2n) is 5.65. The van der Waals surface area contributed by atoms with Crippen LogP contribution in [0.3, 0.4) is 0 Å². The predicted molar refractivity (Wildman–Crippen MR) is 82.9 cm³/mol. The molecule has 2 N–H and O–H groups in total. The van der Waals surface area contributed by atoms with Crippen molar-refractivity contribution in [1.82, 2.24) is 4.31 Å². The maximum absolute atomic E-state index is 12.8. The van der Waals surface area contributed by atoms with Gasteiger partial charge in [-0.05, 0) is 43.0 Å². The highest BCUT2D eigenvalue weighted by Gasteiger charge is 2.34. The van der Waals surface area contributed by atoms with Crippen molar-refractivity contribution in [3.05, 3.63) is 29.8 Å². The summed E-state index contributed by atoms with van der Waals surface area (Å²) in [7, 11) is -2.31. The fourth-order valence-corrected chi connectivity index (χ4v) is 4.44. The molecule has 22 heavy (non-hydrogen) atoms. The predicted octanol–water partition coefficient (Wildman–Crippen LogP) is 1.22. The molecule has 2 unspecified atom stereocenters. The van der Waals surface area contributed by atoms with Crippen LogP contribution in [0, 0.1) is 5.92 Å². The summed E-state index contributed by atoms with van der Waals surface area (Å²) in [5.41, 5.74) is 6.07. The number of piperidine rings is 1. The summed E-state index contributed by atoms with van der Waals surface area (Å²) in [6.07, 6.45) is 1.60. The molecule has 0 aromatic heterocycles. The first-order valence-corrected chi connectivity index (χ1v) is 8.74. The van der Waals surface area contributed by atoms with E-state index in [0.717, 1.165) is 12.8 Å². The average Bonchev–Trinajstić information content (AvgIpc) is 2.53. The molecule has 1 saturated heterocycles. The second-order valence-corrected chi connectivity index (χ2v) is 7.54. The van der Waals surface area contributed by atoms with Crippen LogP contribution in [0.5, 0.6) is 0 Å². The minimum Gasteiger partial charge on any atom is -0.465 e. The van der Waals surface area contributed by atoms with Crippen molar-refractivity contribution in [2.75, 3.05) is 20.2 Å². The topological polar surface area (TPSA) is 89.7 Å². The SMILES string of the molecule is COC(=O)c1ccc(S(=O)(=O)N2CCC(C)CC2CN)cc1. The zero-order valence-electron chi connectivity index (χ0n) is 12.9. The van der Waals surface area contributed by atoms with Crippen molar-refractivity contribution in [3.8, 4) is 0 Å². The van der Waals surface area contributed by atoms with E-state index in [-0.39, 0.29) is 10.9 Å². The van der Waals surface area contributed by atoms with Crippen LogP contribution in [0.25, 0.3) is 0 Å². The van der Waals surface area contributed by atoms with Crippen molar-refractivity contribution in [2.45, 2.75) is 30.7 Å². The minimum absolute atomic E-state index is 0.172. The first-order valence-electron chi connectivity index (χ1n) is 7.30. The van der Waals surface area contributed by atoms with Gasteiger partial charge in [-0.1, -0.05) is 6.92 Å². The van der Waals surface area contributed by atoms with E-state index in [1.165, 1.54) is 35.7 Å². The largest absolute Gasteiger partial charge is 0.465 e. The lowest BCUT2D eigenvalue weighted by Crippen LogP contribution is -2.49. The third-order valence-corrected chi connectivity index (χ3v) is 6.04. The lowest BCUT2D eigenvalue weighted by atomic mass is 9.94. The Kier molecular flexibility index (Phi) is 5.20. The number of nitrogens with zero attached hydrogens (tertiary/aromatic N) is 1. The molecule has 122 valence electrons. The summed E-state index contributed by atoms with van der Waals surface area (Å²) < 4.78 is 31.6. The lowest BCUT2D eigenvalue weighted by molar-refractivity contribution is 0.0600. The molecule has 1 fully saturated rings. The van der Waals surface area contributed by atoms with Crippen molar-refractivity contribution in [3.63, 3.8) is 0 Å². The van der Waals surface area contributed by atoms with Crippen LogP contribution >= 0.6 is 0 Å². The molecule has 0 bridgehead atoms. The maximum atomic E-state index is 12.8. The summed E-state index contributed by atoms with van der Waals surface area (Å²) in [6, 6.07) is 5.63. The van der Waals surface area contributed by atoms with E-state index in [0.29, 0.717) is 24.6 Å². The highest BCUT2D eigenvalue weighted by molar-refractivity contribution is 7.89. The Morgan fingerprint density at radius 1 is 1.36 bits per heavy atom. The summed E-state index contributed by atoms with van der Waals surface area (Å²) >= 11 is 0. The fraction of sp³-hybridized carbons (Fsp3) is 0.533. The van der Waals surface area contributed by atoms with Gasteiger partial charge in [0.15, 0.2) is 0 Å². The number of methoxy groups -OCH3 is 1. The van der Waals surface area contributed by atoms with Crippen molar-refractivity contribution >= 4 is 16.0 Å². The number of carbonyl (C=O) groups is 1. The van der Waals surface area contributed by atoms with Gasteiger partial charge in [0.2, 0.25) is 10.0 Å². The third-order valence-electron chi connectivity index (χ3n) is 4.08. The van der Waals surface area contributed by atoms with Gasteiger partial charge < -0.3 is 10.5 Å². The molecule has 1 aliphatic rings. The number of ether oxygens (including phenoxy) is 1. The van der Waals surface area contributed by atoms with Crippen LogP contribution in [0.2, 0.25) is 0 Å². The Balaban J connectivity index is 2.27. The normalized spacial score (nSPS) is 23.2. The highest BCUT2D eigenvalue weighted by atomic mass is 32.2. The zero-order valence-corrected chi connectivity index (χ0v) is 13.7. The summed E-state index contributed by atoms with van der Waals surface area (Å²) in [4.78, 5) is 11.6. The lowest BCUT2D eigenvalue weighted by Gasteiger charge is -2.36. The Hall–Kier alpha value is -1.44. The third kappa shape index (κ3) is 3.31. The smallest absolute Gasteiger partial charge is 0.337 e. The first kappa shape index (κ1) is 16.9. The van der Waals surface area contributed by atoms with Crippen LogP contribution < -0.4 is 5.73 Å². The molecular weight excluding hydrogens is 304 g/mol. The van der Waals surface area contributed by atoms with Gasteiger partial charge in [0.1, 0.15) is 0 Å². The zero-order chi connectivity index (χ0) is 16.3. The molecule has 2 atom stereocenters. The van der Waals surface area contributed by atoms with E-state index >= 15 is 0 Å². The maximum Gasteiger partial charge on any atom is 0.337 e. The molecule has 0 spiro atoms. The Morgan fingerprint density at radius 2 is 2.00 bits per heavy atom. The van der Waals surface area contributed by atoms with Gasteiger partial charge >= 0.3 is 5.97 Å². The van der Waals surface area contributed by atoms with Crippen LogP contribution in [0.4, 0.5) is 0 Å². The molecule has 0 radical (unpaired) electrons. The van der Waals surface area contributed by atoms with E-state index in [9.17, 15) is 13.2 Å². The van der Waals surface area contributed by atoms with Gasteiger partial charge in [0, 0.05) is 19.1 Å². The molecule has 0 amide bonds. The Bertz CT molecular complexity index is 627. The Labute approximate surface area is 131 Å². The quantitative estimate of drug-likeness (QED) is 0.840. The van der Waals surface area contributed by atoms with Crippen LogP contribution in [0.15, 0.2) is 29.2 Å². The molecule has 7 heteroatoms. The Morgan fingerprint density at radius 3 is 2.55 bits per heavy atom. The number of rotatable bonds is 4. The molecular formula is C15H22N2O4S. The molecule has 1 aromatic carbocycles. The van der Waals surface area contributed by atoms with Crippen LogP contribution in [-0.4, -0.2) is 44.9 Å². The van der Waals surface area contributed by atoms with Crippen molar-refractivity contribution in [1.29, 1.82) is 0 Å². The fourth-order valence-electron chi connectivity index (χ4n) is 2.78. The van der Waals surface area contributed by atoms with E-state index in [1.807, 2.05) is 0 Å². The van der Waals surface area contributed by atoms with E-state index in [4.69, 9.17) is 5.73 Å². The molecule has 0 saturated carbocycles. The molecule has 2 rings (SSSR count). The van der Waals surface area contributed by atoms with Gasteiger partial charge in [-0.25, -0.2) is 13.2 Å². The van der Waals surface area contributed by atoms with Crippen molar-refractivity contribution in [2.24, 2.45) is 11.7 Å². The number of hydrogen-bond donors (Lipinski definition) is 1. The number of carbonyl (C=O) groups excluding carboxylic acids is 1. The van der Waals surface area contributed by atoms with E-state index in [1.54, 1.807) is 0 Å². The molecule has 6 nitrogen and oxygen atoms in total. The second kappa shape index (κ2) is 6.76. The number of esters is 1. The average molecular weight is 326 g/mol. The molecule has 1 heterocycles. The van der Waals surface area contributed by atoms with Gasteiger partial charge in [-0.2, -0.15) is 4.31 Å². The van der Waals surface area contributed by atoms with E-state index in [2.05, 4.69) is 11.7 Å². The molecule has 0 aliphatic carbocycles. The van der Waals surface area contributed by atoms with Gasteiger partial charge in [0.05, 0.1) is 17.6 Å². The van der Waals surface area contributed by atoms with Gasteiger partial charge in [-0.15, -0.1) is 0 Å². The molecule has 1 aliphatic heterocycles. The summed E-state index contributed by atoms with van der Waals surface area (Å²) in [5.74, 6) is -0.0164. The minimum atomic E-state index is -3.59. The van der Waals surface area contributed by atoms with Gasteiger partial charge in [-0.3, -0.25) is 0 Å². The number of sulfonamides is 1. The monoisotopic (exact) mass is 326 g/mol.